The zero-order valence-electron chi connectivity index (χ0n) is 17.4. The van der Waals surface area contributed by atoms with Crippen LogP contribution in [0.15, 0.2) is 54.6 Å². The maximum absolute atomic E-state index is 13.3. The molecule has 4 rings (SSSR count). The van der Waals surface area contributed by atoms with Gasteiger partial charge in [-0.05, 0) is 43.4 Å². The van der Waals surface area contributed by atoms with Crippen LogP contribution in [-0.2, 0) is 9.59 Å². The molecule has 1 heterocycles. The van der Waals surface area contributed by atoms with E-state index in [4.69, 9.17) is 0 Å². The Balaban J connectivity index is 1.63. The van der Waals surface area contributed by atoms with Gasteiger partial charge < -0.3 is 10.2 Å². The summed E-state index contributed by atoms with van der Waals surface area (Å²) in [6.45, 7) is 2.18. The van der Waals surface area contributed by atoms with Crippen molar-refractivity contribution in [2.45, 2.75) is 61.7 Å². The van der Waals surface area contributed by atoms with Gasteiger partial charge in [0, 0.05) is 17.1 Å². The van der Waals surface area contributed by atoms with Crippen molar-refractivity contribution in [1.29, 1.82) is 0 Å². The SMILES string of the molecule is CC1(NC(=O)CN2C(=O)C(Br)CC(c3ccccc3)c3ccccc32)CCCCC1. The van der Waals surface area contributed by atoms with Gasteiger partial charge in [-0.3, -0.25) is 9.59 Å². The molecule has 2 unspecified atom stereocenters. The molecule has 0 bridgehead atoms. The molecule has 2 aromatic carbocycles. The van der Waals surface area contributed by atoms with Crippen molar-refractivity contribution < 1.29 is 9.59 Å². The Bertz CT molecular complexity index is 908. The van der Waals surface area contributed by atoms with Crippen LogP contribution in [-0.4, -0.2) is 28.7 Å². The number of fused-ring (bicyclic) bond motifs is 1. The largest absolute Gasteiger partial charge is 0.349 e. The van der Waals surface area contributed by atoms with Crippen molar-refractivity contribution in [3.8, 4) is 0 Å². The second-order valence-corrected chi connectivity index (χ2v) is 9.92. The van der Waals surface area contributed by atoms with Crippen LogP contribution in [0.25, 0.3) is 0 Å². The highest BCUT2D eigenvalue weighted by atomic mass is 79.9. The fourth-order valence-electron chi connectivity index (χ4n) is 4.89. The summed E-state index contributed by atoms with van der Waals surface area (Å²) >= 11 is 3.62. The van der Waals surface area contributed by atoms with Crippen LogP contribution < -0.4 is 10.2 Å². The van der Waals surface area contributed by atoms with Gasteiger partial charge in [0.15, 0.2) is 0 Å². The van der Waals surface area contributed by atoms with Crippen LogP contribution in [0.3, 0.4) is 0 Å². The molecule has 2 atom stereocenters. The summed E-state index contributed by atoms with van der Waals surface area (Å²) in [6, 6.07) is 18.3. The molecule has 158 valence electrons. The number of rotatable bonds is 4. The molecule has 1 N–H and O–H groups in total. The lowest BCUT2D eigenvalue weighted by atomic mass is 9.83. The number of carbonyl (C=O) groups is 2. The molecular formula is C25H29BrN2O2. The highest BCUT2D eigenvalue weighted by Gasteiger charge is 2.36. The molecule has 30 heavy (non-hydrogen) atoms. The minimum Gasteiger partial charge on any atom is -0.349 e. The standard InChI is InChI=1S/C25H29BrN2O2/c1-25(14-8-3-9-15-25)27-23(29)17-28-22-13-7-6-12-19(22)20(16-21(26)24(28)30)18-10-4-2-5-11-18/h2,4-7,10-13,20-21H,3,8-9,14-17H2,1H3,(H,27,29). The van der Waals surface area contributed by atoms with Crippen LogP contribution >= 0.6 is 15.9 Å². The molecule has 1 aliphatic heterocycles. The summed E-state index contributed by atoms with van der Waals surface area (Å²) in [7, 11) is 0. The summed E-state index contributed by atoms with van der Waals surface area (Å²) in [5.74, 6) is -0.0371. The van der Waals surface area contributed by atoms with Gasteiger partial charge in [0.2, 0.25) is 11.8 Å². The number of nitrogens with zero attached hydrogens (tertiary/aromatic N) is 1. The molecule has 5 heteroatoms. The molecule has 1 aliphatic carbocycles. The lowest BCUT2D eigenvalue weighted by Crippen LogP contribution is -2.52. The van der Waals surface area contributed by atoms with Gasteiger partial charge in [0.1, 0.15) is 6.54 Å². The number of carbonyl (C=O) groups excluding carboxylic acids is 2. The molecule has 4 nitrogen and oxygen atoms in total. The van der Waals surface area contributed by atoms with Gasteiger partial charge in [0.25, 0.3) is 0 Å². The van der Waals surface area contributed by atoms with Crippen molar-refractivity contribution in [2.75, 3.05) is 11.4 Å². The minimum atomic E-state index is -0.340. The van der Waals surface area contributed by atoms with Crippen LogP contribution in [0.1, 0.15) is 62.5 Å². The van der Waals surface area contributed by atoms with Gasteiger partial charge in [0.05, 0.1) is 4.83 Å². The Morgan fingerprint density at radius 2 is 1.73 bits per heavy atom. The zero-order chi connectivity index (χ0) is 21.1. The first-order chi connectivity index (χ1) is 14.5. The van der Waals surface area contributed by atoms with E-state index in [-0.39, 0.29) is 34.6 Å². The molecule has 2 aliphatic rings. The summed E-state index contributed by atoms with van der Waals surface area (Å²) in [5.41, 5.74) is 2.95. The van der Waals surface area contributed by atoms with E-state index in [0.717, 1.165) is 36.9 Å². The quantitative estimate of drug-likeness (QED) is 0.630. The lowest BCUT2D eigenvalue weighted by molar-refractivity contribution is -0.125. The maximum atomic E-state index is 13.3. The summed E-state index contributed by atoms with van der Waals surface area (Å²) < 4.78 is 0. The number of hydrogen-bond acceptors (Lipinski definition) is 2. The molecule has 0 saturated heterocycles. The van der Waals surface area contributed by atoms with Crippen molar-refractivity contribution in [1.82, 2.24) is 5.32 Å². The molecule has 0 radical (unpaired) electrons. The second-order valence-electron chi connectivity index (χ2n) is 8.82. The monoisotopic (exact) mass is 468 g/mol. The first kappa shape index (κ1) is 21.1. The van der Waals surface area contributed by atoms with E-state index in [2.05, 4.69) is 46.4 Å². The van der Waals surface area contributed by atoms with Crippen LogP contribution in [0.4, 0.5) is 5.69 Å². The van der Waals surface area contributed by atoms with Crippen LogP contribution in [0.2, 0.25) is 0 Å². The Labute approximate surface area is 187 Å². The summed E-state index contributed by atoms with van der Waals surface area (Å²) in [4.78, 5) is 27.6. The molecule has 0 aromatic heterocycles. The van der Waals surface area contributed by atoms with Crippen molar-refractivity contribution in [2.24, 2.45) is 0 Å². The zero-order valence-corrected chi connectivity index (χ0v) is 19.0. The fraction of sp³-hybridized carbons (Fsp3) is 0.440. The van der Waals surface area contributed by atoms with E-state index < -0.39 is 0 Å². The number of halogens is 1. The number of amides is 2. The van der Waals surface area contributed by atoms with Crippen LogP contribution in [0.5, 0.6) is 0 Å². The number of nitrogens with one attached hydrogen (secondary N) is 1. The maximum Gasteiger partial charge on any atom is 0.241 e. The Kier molecular flexibility index (Phi) is 6.28. The average molecular weight is 469 g/mol. The smallest absolute Gasteiger partial charge is 0.241 e. The van der Waals surface area contributed by atoms with Gasteiger partial charge >= 0.3 is 0 Å². The predicted molar refractivity (Wildman–Crippen MR) is 124 cm³/mol. The lowest BCUT2D eigenvalue weighted by Gasteiger charge is -2.35. The molecule has 1 fully saturated rings. The average Bonchev–Trinajstić information content (AvgIpc) is 2.85. The summed E-state index contributed by atoms with van der Waals surface area (Å²) in [6.07, 6.45) is 6.18. The molecule has 2 aromatic rings. The third-order valence-corrected chi connectivity index (χ3v) is 7.25. The number of anilines is 1. The molecule has 2 amide bonds. The van der Waals surface area contributed by atoms with Gasteiger partial charge in [-0.1, -0.05) is 83.7 Å². The van der Waals surface area contributed by atoms with Crippen molar-refractivity contribution in [3.63, 3.8) is 0 Å². The van der Waals surface area contributed by atoms with Gasteiger partial charge in [-0.15, -0.1) is 0 Å². The van der Waals surface area contributed by atoms with Gasteiger partial charge in [-0.2, -0.15) is 0 Å². The van der Waals surface area contributed by atoms with Crippen molar-refractivity contribution in [3.05, 3.63) is 65.7 Å². The number of para-hydroxylation sites is 1. The first-order valence-corrected chi connectivity index (χ1v) is 11.8. The van der Waals surface area contributed by atoms with Crippen LogP contribution in [0, 0.1) is 0 Å². The molecular weight excluding hydrogens is 440 g/mol. The topological polar surface area (TPSA) is 49.4 Å². The van der Waals surface area contributed by atoms with Crippen molar-refractivity contribution >= 4 is 33.4 Å². The Morgan fingerprint density at radius 1 is 1.07 bits per heavy atom. The Morgan fingerprint density at radius 3 is 2.47 bits per heavy atom. The highest BCUT2D eigenvalue weighted by molar-refractivity contribution is 9.10. The third kappa shape index (κ3) is 4.46. The van der Waals surface area contributed by atoms with E-state index in [9.17, 15) is 9.59 Å². The first-order valence-electron chi connectivity index (χ1n) is 10.9. The highest BCUT2D eigenvalue weighted by Crippen LogP contribution is 2.40. The van der Waals surface area contributed by atoms with E-state index >= 15 is 0 Å². The second kappa shape index (κ2) is 8.93. The van der Waals surface area contributed by atoms with E-state index in [1.165, 1.54) is 12.0 Å². The third-order valence-electron chi connectivity index (χ3n) is 6.48. The minimum absolute atomic E-state index is 0.0506. The van der Waals surface area contributed by atoms with E-state index in [1.54, 1.807) is 4.90 Å². The number of hydrogen-bond donors (Lipinski definition) is 1. The molecule has 0 spiro atoms. The number of alkyl halides is 1. The van der Waals surface area contributed by atoms with Gasteiger partial charge in [-0.25, -0.2) is 0 Å². The van der Waals surface area contributed by atoms with E-state index in [1.807, 2.05) is 36.4 Å². The Hall–Kier alpha value is -2.14. The van der Waals surface area contributed by atoms with E-state index in [0.29, 0.717) is 6.42 Å². The normalized spacial score (nSPS) is 23.4. The fourth-order valence-corrected chi connectivity index (χ4v) is 5.51. The molecule has 1 saturated carbocycles. The predicted octanol–water partition coefficient (Wildman–Crippen LogP) is 5.16. The summed E-state index contributed by atoms with van der Waals surface area (Å²) in [5, 5.41) is 3.22. The number of benzene rings is 2.